The van der Waals surface area contributed by atoms with Crippen molar-refractivity contribution in [1.29, 1.82) is 0 Å². The Bertz CT molecular complexity index is 679. The van der Waals surface area contributed by atoms with Gasteiger partial charge in [0.25, 0.3) is 0 Å². The van der Waals surface area contributed by atoms with Crippen LogP contribution in [0.25, 0.3) is 0 Å². The molecule has 1 aromatic carbocycles. The molecule has 0 aliphatic carbocycles. The molecule has 2 aromatic rings. The van der Waals surface area contributed by atoms with Gasteiger partial charge in [-0.15, -0.1) is 5.10 Å². The van der Waals surface area contributed by atoms with Crippen LogP contribution in [0.1, 0.15) is 18.5 Å². The van der Waals surface area contributed by atoms with Gasteiger partial charge in [-0.3, -0.25) is 0 Å². The predicted molar refractivity (Wildman–Crippen MR) is 74.2 cm³/mol. The van der Waals surface area contributed by atoms with E-state index >= 15 is 0 Å². The number of rotatable bonds is 1. The second-order valence-corrected chi connectivity index (χ2v) is 5.14. The Labute approximate surface area is 119 Å². The van der Waals surface area contributed by atoms with Gasteiger partial charge in [0.05, 0.1) is 10.0 Å². The maximum atomic E-state index is 13.3. The van der Waals surface area contributed by atoms with Gasteiger partial charge >= 0.3 is 0 Å². The molecule has 0 saturated heterocycles. The summed E-state index contributed by atoms with van der Waals surface area (Å²) in [4.78, 5) is 0. The third-order valence-electron chi connectivity index (χ3n) is 3.00. The molecule has 6 heteroatoms. The van der Waals surface area contributed by atoms with Crippen molar-refractivity contribution in [3.05, 3.63) is 57.6 Å². The molecule has 1 N–H and O–H groups in total. The zero-order chi connectivity index (χ0) is 13.6. The maximum absolute atomic E-state index is 13.3. The van der Waals surface area contributed by atoms with E-state index in [1.165, 1.54) is 6.07 Å². The molecule has 0 fully saturated rings. The minimum absolute atomic E-state index is 0.271. The van der Waals surface area contributed by atoms with E-state index in [4.69, 9.17) is 23.2 Å². The van der Waals surface area contributed by atoms with Gasteiger partial charge in [-0.25, -0.2) is 4.68 Å². The molecule has 0 amide bonds. The highest BCUT2D eigenvalue weighted by atomic mass is 35.5. The lowest BCUT2D eigenvalue weighted by molar-refractivity contribution is 0.517. The van der Waals surface area contributed by atoms with Crippen LogP contribution in [-0.4, -0.2) is 9.78 Å². The van der Waals surface area contributed by atoms with Gasteiger partial charge in [0.1, 0.15) is 11.9 Å². The average Bonchev–Trinajstić information content (AvgIpc) is 2.72. The fraction of sp³-hybridized carbons (Fsp3) is 0.154. The molecule has 1 aromatic heterocycles. The summed E-state index contributed by atoms with van der Waals surface area (Å²) in [6.45, 7) is 1.90. The quantitative estimate of drug-likeness (QED) is 0.853. The number of halogens is 3. The summed E-state index contributed by atoms with van der Waals surface area (Å²) in [5, 5.41) is 7.85. The molecule has 0 saturated carbocycles. The van der Waals surface area contributed by atoms with Crippen molar-refractivity contribution in [1.82, 2.24) is 9.78 Å². The van der Waals surface area contributed by atoms with Crippen LogP contribution in [-0.2, 0) is 0 Å². The van der Waals surface area contributed by atoms with Crippen molar-refractivity contribution >= 4 is 29.0 Å². The Morgan fingerprint density at radius 2 is 2.16 bits per heavy atom. The minimum atomic E-state index is -0.534. The molecule has 0 radical (unpaired) electrons. The van der Waals surface area contributed by atoms with Crippen LogP contribution in [0.2, 0.25) is 10.0 Å². The molecule has 0 bridgehead atoms. The fourth-order valence-corrected chi connectivity index (χ4v) is 2.61. The number of fused-ring (bicyclic) bond motifs is 1. The fourth-order valence-electron chi connectivity index (χ4n) is 2.19. The average molecular weight is 298 g/mol. The predicted octanol–water partition coefficient (Wildman–Crippen LogP) is 4.25. The lowest BCUT2D eigenvalue weighted by Crippen LogP contribution is -2.19. The number of hydrogen-bond donors (Lipinski definition) is 1. The highest BCUT2D eigenvalue weighted by molar-refractivity contribution is 6.42. The van der Waals surface area contributed by atoms with Crippen molar-refractivity contribution < 1.29 is 4.39 Å². The zero-order valence-electron chi connectivity index (χ0n) is 9.99. The van der Waals surface area contributed by atoms with Crippen LogP contribution < -0.4 is 5.32 Å². The minimum Gasteiger partial charge on any atom is -0.344 e. The number of nitrogens with one attached hydrogen (secondary N) is 1. The molecule has 1 unspecified atom stereocenters. The lowest BCUT2D eigenvalue weighted by atomic mass is 10.0. The second-order valence-electron chi connectivity index (χ2n) is 4.36. The largest absolute Gasteiger partial charge is 0.344 e. The standard InChI is InChI=1S/C13H10Cl2FN3/c1-7-5-10(8-3-2-4-9(14)13(8)15)19-12(17-7)6-11(16)18-19/h2-6,10,17H,1H3. The van der Waals surface area contributed by atoms with E-state index in [0.29, 0.717) is 15.9 Å². The SMILES string of the molecule is CC1=CC(c2cccc(Cl)c2Cl)n2nc(F)cc2N1. The summed E-state index contributed by atoms with van der Waals surface area (Å²) in [5.74, 6) is 0.0623. The van der Waals surface area contributed by atoms with Gasteiger partial charge in [-0.05, 0) is 19.1 Å². The molecule has 19 heavy (non-hydrogen) atoms. The summed E-state index contributed by atoms with van der Waals surface area (Å²) < 4.78 is 14.9. The molecule has 3 nitrogen and oxygen atoms in total. The van der Waals surface area contributed by atoms with Crippen LogP contribution in [0.5, 0.6) is 0 Å². The van der Waals surface area contributed by atoms with E-state index in [9.17, 15) is 4.39 Å². The number of aromatic nitrogens is 2. The Balaban J connectivity index is 2.17. The van der Waals surface area contributed by atoms with Crippen LogP contribution in [0, 0.1) is 5.95 Å². The first-order valence-electron chi connectivity index (χ1n) is 5.70. The van der Waals surface area contributed by atoms with Crippen LogP contribution in [0.3, 0.4) is 0 Å². The number of hydrogen-bond acceptors (Lipinski definition) is 2. The first-order chi connectivity index (χ1) is 9.06. The Morgan fingerprint density at radius 1 is 1.37 bits per heavy atom. The summed E-state index contributed by atoms with van der Waals surface area (Å²) in [5.41, 5.74) is 1.70. The number of allylic oxidation sites excluding steroid dienone is 2. The third-order valence-corrected chi connectivity index (χ3v) is 3.84. The maximum Gasteiger partial charge on any atom is 0.234 e. The van der Waals surface area contributed by atoms with Gasteiger partial charge in [0.2, 0.25) is 5.95 Å². The Hall–Kier alpha value is -1.52. The number of nitrogens with zero attached hydrogens (tertiary/aromatic N) is 2. The second kappa shape index (κ2) is 4.54. The van der Waals surface area contributed by atoms with Gasteiger partial charge in [0, 0.05) is 17.3 Å². The molecule has 3 rings (SSSR count). The van der Waals surface area contributed by atoms with Gasteiger partial charge < -0.3 is 5.32 Å². The van der Waals surface area contributed by atoms with Crippen LogP contribution in [0.4, 0.5) is 10.2 Å². The lowest BCUT2D eigenvalue weighted by Gasteiger charge is -2.24. The first kappa shape index (κ1) is 12.5. The summed E-state index contributed by atoms with van der Waals surface area (Å²) in [6.07, 6.45) is 1.93. The van der Waals surface area contributed by atoms with Crippen LogP contribution >= 0.6 is 23.2 Å². The molecule has 1 atom stereocenters. The van der Waals surface area contributed by atoms with Crippen LogP contribution in [0.15, 0.2) is 36.0 Å². The Morgan fingerprint density at radius 3 is 2.95 bits per heavy atom. The molecule has 1 aliphatic heterocycles. The van der Waals surface area contributed by atoms with Crippen molar-refractivity contribution in [2.75, 3.05) is 5.32 Å². The molecule has 0 spiro atoms. The molecule has 2 heterocycles. The van der Waals surface area contributed by atoms with Crippen molar-refractivity contribution in [2.24, 2.45) is 0 Å². The highest BCUT2D eigenvalue weighted by Gasteiger charge is 2.24. The van der Waals surface area contributed by atoms with Gasteiger partial charge in [0.15, 0.2) is 0 Å². The van der Waals surface area contributed by atoms with E-state index in [-0.39, 0.29) is 6.04 Å². The summed E-state index contributed by atoms with van der Waals surface area (Å²) in [7, 11) is 0. The van der Waals surface area contributed by atoms with Gasteiger partial charge in [-0.2, -0.15) is 4.39 Å². The van der Waals surface area contributed by atoms with E-state index < -0.39 is 5.95 Å². The van der Waals surface area contributed by atoms with E-state index in [0.717, 1.165) is 11.3 Å². The molecular weight excluding hydrogens is 288 g/mol. The smallest absolute Gasteiger partial charge is 0.234 e. The topological polar surface area (TPSA) is 29.9 Å². The van der Waals surface area contributed by atoms with Gasteiger partial charge in [-0.1, -0.05) is 35.3 Å². The van der Waals surface area contributed by atoms with Crippen molar-refractivity contribution in [2.45, 2.75) is 13.0 Å². The molecule has 1 aliphatic rings. The molecule has 98 valence electrons. The van der Waals surface area contributed by atoms with E-state index in [1.807, 2.05) is 25.1 Å². The Kier molecular flexibility index (Phi) is 2.99. The summed E-state index contributed by atoms with van der Waals surface area (Å²) in [6, 6.07) is 6.47. The van der Waals surface area contributed by atoms with Crippen molar-refractivity contribution in [3.8, 4) is 0 Å². The van der Waals surface area contributed by atoms with E-state index in [1.54, 1.807) is 10.7 Å². The highest BCUT2D eigenvalue weighted by Crippen LogP contribution is 2.36. The summed E-state index contributed by atoms with van der Waals surface area (Å²) >= 11 is 12.3. The number of anilines is 1. The first-order valence-corrected chi connectivity index (χ1v) is 6.46. The zero-order valence-corrected chi connectivity index (χ0v) is 11.5. The molecular formula is C13H10Cl2FN3. The van der Waals surface area contributed by atoms with E-state index in [2.05, 4.69) is 10.4 Å². The monoisotopic (exact) mass is 297 g/mol. The van der Waals surface area contributed by atoms with Crippen molar-refractivity contribution in [3.63, 3.8) is 0 Å². The number of benzene rings is 1. The third kappa shape index (κ3) is 2.11. The normalized spacial score (nSPS) is 17.7.